The van der Waals surface area contributed by atoms with Crippen LogP contribution in [0.2, 0.25) is 0 Å². The zero-order valence-corrected chi connectivity index (χ0v) is 12.2. The highest BCUT2D eigenvalue weighted by Gasteiger charge is 2.30. The van der Waals surface area contributed by atoms with E-state index in [-0.39, 0.29) is 24.2 Å². The van der Waals surface area contributed by atoms with Crippen LogP contribution < -0.4 is 10.9 Å². The predicted molar refractivity (Wildman–Crippen MR) is 77.0 cm³/mol. The molecule has 1 heterocycles. The van der Waals surface area contributed by atoms with Crippen LogP contribution in [0.5, 0.6) is 0 Å². The number of aromatic nitrogens is 2. The molecule has 1 N–H and O–H groups in total. The molecule has 0 atom stereocenters. The van der Waals surface area contributed by atoms with E-state index in [2.05, 4.69) is 10.3 Å². The Morgan fingerprint density at radius 2 is 2.04 bits per heavy atom. The summed E-state index contributed by atoms with van der Waals surface area (Å²) in [7, 11) is 0. The third kappa shape index (κ3) is 4.41. The van der Waals surface area contributed by atoms with Gasteiger partial charge in [0.1, 0.15) is 0 Å². The number of nitrogens with zero attached hydrogens (tertiary/aromatic N) is 2. The summed E-state index contributed by atoms with van der Waals surface area (Å²) in [5.74, 6) is -0.635. The van der Waals surface area contributed by atoms with Crippen LogP contribution in [0.1, 0.15) is 21.6 Å². The van der Waals surface area contributed by atoms with Crippen LogP contribution in [0.15, 0.2) is 41.5 Å². The lowest BCUT2D eigenvalue weighted by atomic mass is 10.1. The molecule has 0 aliphatic heterocycles. The lowest BCUT2D eigenvalue weighted by Crippen LogP contribution is -2.31. The predicted octanol–water partition coefficient (Wildman–Crippen LogP) is 2.00. The Labute approximate surface area is 129 Å². The van der Waals surface area contributed by atoms with Gasteiger partial charge in [-0.2, -0.15) is 13.2 Å². The van der Waals surface area contributed by atoms with Crippen LogP contribution in [-0.4, -0.2) is 22.0 Å². The first kappa shape index (κ1) is 16.7. The highest BCUT2D eigenvalue weighted by Crippen LogP contribution is 2.29. The van der Waals surface area contributed by atoms with Crippen molar-refractivity contribution in [2.45, 2.75) is 19.6 Å². The Hall–Kier alpha value is -2.64. The summed E-state index contributed by atoms with van der Waals surface area (Å²) < 4.78 is 39.1. The average Bonchev–Trinajstić information content (AvgIpc) is 2.48. The third-order valence-electron chi connectivity index (χ3n) is 3.11. The van der Waals surface area contributed by atoms with Crippen LogP contribution in [-0.2, 0) is 12.7 Å². The molecular weight excluding hydrogens is 311 g/mol. The maximum absolute atomic E-state index is 12.6. The molecule has 1 amide bonds. The lowest BCUT2D eigenvalue weighted by Gasteiger charge is -2.10. The second-order valence-corrected chi connectivity index (χ2v) is 4.90. The van der Waals surface area contributed by atoms with Crippen molar-refractivity contribution in [2.75, 3.05) is 6.54 Å². The van der Waals surface area contributed by atoms with E-state index in [9.17, 15) is 22.8 Å². The zero-order valence-electron chi connectivity index (χ0n) is 12.2. The molecule has 0 bridgehead atoms. The van der Waals surface area contributed by atoms with Gasteiger partial charge in [-0.15, -0.1) is 0 Å². The average molecular weight is 325 g/mol. The minimum atomic E-state index is -4.50. The molecular formula is C15H14F3N3O2. The van der Waals surface area contributed by atoms with E-state index in [0.29, 0.717) is 5.69 Å². The molecule has 2 rings (SSSR count). The number of halogens is 3. The molecule has 0 aliphatic carbocycles. The lowest BCUT2D eigenvalue weighted by molar-refractivity contribution is -0.137. The molecule has 1 aromatic heterocycles. The van der Waals surface area contributed by atoms with Crippen molar-refractivity contribution in [1.29, 1.82) is 0 Å². The number of hydrogen-bond acceptors (Lipinski definition) is 3. The van der Waals surface area contributed by atoms with Gasteiger partial charge in [-0.05, 0) is 25.1 Å². The fourth-order valence-electron chi connectivity index (χ4n) is 1.91. The maximum Gasteiger partial charge on any atom is 0.416 e. The van der Waals surface area contributed by atoms with Gasteiger partial charge in [-0.1, -0.05) is 6.07 Å². The molecule has 0 saturated heterocycles. The number of nitrogens with one attached hydrogen (secondary N) is 1. The van der Waals surface area contributed by atoms with Crippen LogP contribution in [0.3, 0.4) is 0 Å². The fourth-order valence-corrected chi connectivity index (χ4v) is 1.91. The van der Waals surface area contributed by atoms with Crippen LogP contribution in [0.4, 0.5) is 13.2 Å². The minimum absolute atomic E-state index is 0.0887. The van der Waals surface area contributed by atoms with E-state index in [4.69, 9.17) is 0 Å². The third-order valence-corrected chi connectivity index (χ3v) is 3.11. The molecule has 0 spiro atoms. The Balaban J connectivity index is 1.99. The Bertz CT molecular complexity index is 769. The number of rotatable bonds is 4. The van der Waals surface area contributed by atoms with Crippen LogP contribution >= 0.6 is 0 Å². The van der Waals surface area contributed by atoms with Gasteiger partial charge >= 0.3 is 6.18 Å². The van der Waals surface area contributed by atoms with Crippen molar-refractivity contribution < 1.29 is 18.0 Å². The van der Waals surface area contributed by atoms with E-state index < -0.39 is 17.6 Å². The number of hydrogen-bond donors (Lipinski definition) is 1. The van der Waals surface area contributed by atoms with Crippen LogP contribution in [0.25, 0.3) is 0 Å². The molecule has 0 unspecified atom stereocenters. The van der Waals surface area contributed by atoms with Crippen molar-refractivity contribution in [1.82, 2.24) is 14.9 Å². The van der Waals surface area contributed by atoms with Gasteiger partial charge in [0.2, 0.25) is 0 Å². The molecule has 1 aromatic carbocycles. The molecule has 23 heavy (non-hydrogen) atoms. The van der Waals surface area contributed by atoms with Gasteiger partial charge in [0.05, 0.1) is 11.9 Å². The van der Waals surface area contributed by atoms with Gasteiger partial charge in [0, 0.05) is 30.4 Å². The second-order valence-electron chi connectivity index (χ2n) is 4.90. The van der Waals surface area contributed by atoms with Crippen molar-refractivity contribution in [2.24, 2.45) is 0 Å². The maximum atomic E-state index is 12.6. The number of aryl methyl sites for hydroxylation is 1. The summed E-state index contributed by atoms with van der Waals surface area (Å²) in [4.78, 5) is 27.5. The van der Waals surface area contributed by atoms with E-state index in [1.165, 1.54) is 29.1 Å². The van der Waals surface area contributed by atoms with Crippen molar-refractivity contribution in [3.63, 3.8) is 0 Å². The molecule has 0 saturated carbocycles. The second kappa shape index (κ2) is 6.64. The van der Waals surface area contributed by atoms with E-state index in [1.807, 2.05) is 0 Å². The van der Waals surface area contributed by atoms with E-state index >= 15 is 0 Å². The topological polar surface area (TPSA) is 64.0 Å². The van der Waals surface area contributed by atoms with Crippen molar-refractivity contribution in [3.05, 3.63) is 63.8 Å². The Kier molecular flexibility index (Phi) is 4.83. The van der Waals surface area contributed by atoms with Crippen molar-refractivity contribution in [3.8, 4) is 0 Å². The number of amides is 1. The summed E-state index contributed by atoms with van der Waals surface area (Å²) in [6, 6.07) is 5.51. The molecule has 8 heteroatoms. The first-order valence-electron chi connectivity index (χ1n) is 6.76. The number of carbonyl (C=O) groups is 1. The fraction of sp³-hybridized carbons (Fsp3) is 0.267. The van der Waals surface area contributed by atoms with Gasteiger partial charge in [-0.3, -0.25) is 14.2 Å². The SMILES string of the molecule is Cc1cc(=O)n(CCNC(=O)c2cccc(C(F)(F)F)c2)cn1. The Morgan fingerprint density at radius 3 is 2.70 bits per heavy atom. The summed E-state index contributed by atoms with van der Waals surface area (Å²) in [5, 5.41) is 2.47. The largest absolute Gasteiger partial charge is 0.416 e. The molecule has 122 valence electrons. The number of carbonyl (C=O) groups excluding carboxylic acids is 1. The first-order chi connectivity index (χ1) is 10.8. The first-order valence-corrected chi connectivity index (χ1v) is 6.76. The highest BCUT2D eigenvalue weighted by molar-refractivity contribution is 5.94. The highest BCUT2D eigenvalue weighted by atomic mass is 19.4. The molecule has 2 aromatic rings. The summed E-state index contributed by atoms with van der Waals surface area (Å²) in [5.41, 5.74) is -0.650. The number of alkyl halides is 3. The van der Waals surface area contributed by atoms with E-state index in [1.54, 1.807) is 6.92 Å². The summed E-state index contributed by atoms with van der Waals surface area (Å²) in [6.07, 6.45) is -3.15. The normalized spacial score (nSPS) is 11.3. The van der Waals surface area contributed by atoms with Gasteiger partial charge in [0.25, 0.3) is 11.5 Å². The zero-order chi connectivity index (χ0) is 17.0. The van der Waals surface area contributed by atoms with Gasteiger partial charge in [0.15, 0.2) is 0 Å². The molecule has 0 fully saturated rings. The quantitative estimate of drug-likeness (QED) is 0.935. The van der Waals surface area contributed by atoms with Gasteiger partial charge < -0.3 is 5.32 Å². The van der Waals surface area contributed by atoms with Gasteiger partial charge in [-0.25, -0.2) is 4.98 Å². The minimum Gasteiger partial charge on any atom is -0.350 e. The summed E-state index contributed by atoms with van der Waals surface area (Å²) in [6.45, 7) is 1.96. The number of benzene rings is 1. The monoisotopic (exact) mass is 325 g/mol. The Morgan fingerprint density at radius 1 is 1.30 bits per heavy atom. The molecule has 0 radical (unpaired) electrons. The van der Waals surface area contributed by atoms with Crippen molar-refractivity contribution >= 4 is 5.91 Å². The molecule has 5 nitrogen and oxygen atoms in total. The smallest absolute Gasteiger partial charge is 0.350 e. The summed E-state index contributed by atoms with van der Waals surface area (Å²) >= 11 is 0. The molecule has 0 aliphatic rings. The standard InChI is InChI=1S/C15H14F3N3O2/c1-10-7-13(22)21(9-20-10)6-5-19-14(23)11-3-2-4-12(8-11)15(16,17)18/h2-4,7-9H,5-6H2,1H3,(H,19,23). The van der Waals surface area contributed by atoms with E-state index in [0.717, 1.165) is 12.1 Å². The van der Waals surface area contributed by atoms with Crippen LogP contribution in [0, 0.1) is 6.92 Å².